The van der Waals surface area contributed by atoms with E-state index in [0.717, 1.165) is 24.4 Å². The number of carbonyl (C=O) groups is 1. The number of furan rings is 1. The van der Waals surface area contributed by atoms with Crippen LogP contribution in [0.5, 0.6) is 5.88 Å². The number of amides is 2. The van der Waals surface area contributed by atoms with E-state index in [1.165, 1.54) is 12.8 Å². The second-order valence-electron chi connectivity index (χ2n) is 7.01. The molecule has 1 atom stereocenters. The zero-order chi connectivity index (χ0) is 19.1. The largest absolute Gasteiger partial charge is 0.475 e. The third-order valence-electron chi connectivity index (χ3n) is 4.52. The molecule has 1 saturated heterocycles. The van der Waals surface area contributed by atoms with Crippen LogP contribution in [-0.4, -0.2) is 41.7 Å². The first-order valence-electron chi connectivity index (χ1n) is 9.52. The highest BCUT2D eigenvalue weighted by atomic mass is 16.5. The quantitative estimate of drug-likeness (QED) is 0.744. The molecule has 3 rings (SSSR count). The van der Waals surface area contributed by atoms with Gasteiger partial charge in [0.05, 0.1) is 18.4 Å². The Morgan fingerprint density at radius 1 is 1.26 bits per heavy atom. The lowest BCUT2D eigenvalue weighted by molar-refractivity contribution is 0.203. The van der Waals surface area contributed by atoms with Crippen LogP contribution in [-0.2, 0) is 6.54 Å². The van der Waals surface area contributed by atoms with Crippen LogP contribution in [0.1, 0.15) is 44.1 Å². The first-order chi connectivity index (χ1) is 13.1. The number of hydrogen-bond acceptors (Lipinski definition) is 5. The number of urea groups is 1. The molecule has 0 aliphatic carbocycles. The molecule has 0 spiro atoms. The van der Waals surface area contributed by atoms with Crippen LogP contribution in [0.4, 0.5) is 4.79 Å². The number of rotatable bonds is 8. The van der Waals surface area contributed by atoms with Crippen LogP contribution in [0.15, 0.2) is 41.1 Å². The van der Waals surface area contributed by atoms with Gasteiger partial charge in [-0.05, 0) is 57.5 Å². The van der Waals surface area contributed by atoms with E-state index >= 15 is 0 Å². The maximum absolute atomic E-state index is 12.2. The first kappa shape index (κ1) is 19.2. The monoisotopic (exact) mass is 372 g/mol. The minimum Gasteiger partial charge on any atom is -0.475 e. The number of ether oxygens (including phenoxy) is 1. The van der Waals surface area contributed by atoms with E-state index in [-0.39, 0.29) is 18.2 Å². The van der Waals surface area contributed by atoms with E-state index in [0.29, 0.717) is 19.0 Å². The fourth-order valence-electron chi connectivity index (χ4n) is 3.20. The van der Waals surface area contributed by atoms with E-state index < -0.39 is 0 Å². The van der Waals surface area contributed by atoms with Gasteiger partial charge in [-0.1, -0.05) is 6.07 Å². The average Bonchev–Trinajstić information content (AvgIpc) is 3.35. The second kappa shape index (κ2) is 9.41. The van der Waals surface area contributed by atoms with Crippen molar-refractivity contribution in [2.45, 2.75) is 45.4 Å². The fraction of sp³-hybridized carbons (Fsp3) is 0.500. The summed E-state index contributed by atoms with van der Waals surface area (Å²) in [5.41, 5.74) is 0.920. The highest BCUT2D eigenvalue weighted by molar-refractivity contribution is 5.73. The number of likely N-dealkylation sites (tertiary alicyclic amines) is 1. The molecule has 3 heterocycles. The van der Waals surface area contributed by atoms with E-state index in [4.69, 9.17) is 9.15 Å². The van der Waals surface area contributed by atoms with Crippen LogP contribution >= 0.6 is 0 Å². The molecule has 1 fully saturated rings. The van der Waals surface area contributed by atoms with Crippen LogP contribution in [0.3, 0.4) is 0 Å². The molecule has 1 aliphatic heterocycles. The van der Waals surface area contributed by atoms with E-state index in [1.54, 1.807) is 12.5 Å². The van der Waals surface area contributed by atoms with Crippen molar-refractivity contribution in [3.63, 3.8) is 0 Å². The van der Waals surface area contributed by atoms with Gasteiger partial charge in [-0.2, -0.15) is 0 Å². The first-order valence-corrected chi connectivity index (χ1v) is 9.52. The number of pyridine rings is 1. The molecule has 2 aromatic rings. The minimum atomic E-state index is -0.201. The number of carbonyl (C=O) groups excluding carboxylic acids is 1. The molecule has 0 bridgehead atoms. The Kier molecular flexibility index (Phi) is 6.70. The van der Waals surface area contributed by atoms with Gasteiger partial charge in [0.15, 0.2) is 0 Å². The Hall–Kier alpha value is -2.54. The molecule has 7 nitrogen and oxygen atoms in total. The van der Waals surface area contributed by atoms with Crippen LogP contribution in [0.25, 0.3) is 0 Å². The Morgan fingerprint density at radius 3 is 2.70 bits per heavy atom. The summed E-state index contributed by atoms with van der Waals surface area (Å²) >= 11 is 0. The highest BCUT2D eigenvalue weighted by Crippen LogP contribution is 2.24. The average molecular weight is 372 g/mol. The van der Waals surface area contributed by atoms with Crippen molar-refractivity contribution in [3.05, 3.63) is 48.0 Å². The molecule has 1 unspecified atom stereocenters. The topological polar surface area (TPSA) is 79.6 Å². The third kappa shape index (κ3) is 5.72. The Morgan fingerprint density at radius 2 is 2.07 bits per heavy atom. The lowest BCUT2D eigenvalue weighted by Crippen LogP contribution is -2.41. The van der Waals surface area contributed by atoms with Gasteiger partial charge in [0, 0.05) is 25.4 Å². The normalized spacial score (nSPS) is 15.7. The summed E-state index contributed by atoms with van der Waals surface area (Å²) in [5.74, 6) is 1.48. The summed E-state index contributed by atoms with van der Waals surface area (Å²) in [7, 11) is 0. The summed E-state index contributed by atoms with van der Waals surface area (Å²) in [5, 5.41) is 5.83. The Bertz CT molecular complexity index is 695. The molecule has 2 aromatic heterocycles. The Balaban J connectivity index is 1.46. The van der Waals surface area contributed by atoms with Gasteiger partial charge in [-0.25, -0.2) is 9.78 Å². The molecule has 0 saturated carbocycles. The SMILES string of the molecule is CC(C)Oc1ccc(CNC(=O)NCC(c2ccco2)N2CCCC2)cn1. The maximum atomic E-state index is 12.2. The van der Waals surface area contributed by atoms with Gasteiger partial charge in [0.2, 0.25) is 5.88 Å². The van der Waals surface area contributed by atoms with Crippen LogP contribution < -0.4 is 15.4 Å². The zero-order valence-electron chi connectivity index (χ0n) is 16.0. The third-order valence-corrected chi connectivity index (χ3v) is 4.52. The van der Waals surface area contributed by atoms with Gasteiger partial charge in [-0.15, -0.1) is 0 Å². The van der Waals surface area contributed by atoms with E-state index in [1.807, 2.05) is 38.1 Å². The van der Waals surface area contributed by atoms with E-state index in [2.05, 4.69) is 20.5 Å². The fourth-order valence-corrected chi connectivity index (χ4v) is 3.20. The molecule has 146 valence electrons. The summed E-state index contributed by atoms with van der Waals surface area (Å²) in [6, 6.07) is 7.44. The highest BCUT2D eigenvalue weighted by Gasteiger charge is 2.25. The Labute approximate surface area is 160 Å². The summed E-state index contributed by atoms with van der Waals surface area (Å²) in [4.78, 5) is 18.8. The van der Waals surface area contributed by atoms with Crippen molar-refractivity contribution in [1.29, 1.82) is 0 Å². The molecule has 2 amide bonds. The molecule has 1 aliphatic rings. The van der Waals surface area contributed by atoms with E-state index in [9.17, 15) is 4.79 Å². The van der Waals surface area contributed by atoms with Crippen molar-refractivity contribution in [3.8, 4) is 5.88 Å². The number of aromatic nitrogens is 1. The van der Waals surface area contributed by atoms with Crippen molar-refractivity contribution in [2.24, 2.45) is 0 Å². The lowest BCUT2D eigenvalue weighted by Gasteiger charge is -2.26. The molecule has 27 heavy (non-hydrogen) atoms. The van der Waals surface area contributed by atoms with Crippen LogP contribution in [0, 0.1) is 0 Å². The number of nitrogens with zero attached hydrogens (tertiary/aromatic N) is 2. The molecule has 7 heteroatoms. The van der Waals surface area contributed by atoms with Gasteiger partial charge >= 0.3 is 6.03 Å². The van der Waals surface area contributed by atoms with Crippen molar-refractivity contribution in [2.75, 3.05) is 19.6 Å². The predicted octanol–water partition coefficient (Wildman–Crippen LogP) is 3.10. The second-order valence-corrected chi connectivity index (χ2v) is 7.01. The van der Waals surface area contributed by atoms with Crippen molar-refractivity contribution >= 4 is 6.03 Å². The zero-order valence-corrected chi connectivity index (χ0v) is 16.0. The van der Waals surface area contributed by atoms with Crippen LogP contribution in [0.2, 0.25) is 0 Å². The standard InChI is InChI=1S/C20H28N4O3/c1-15(2)27-19-8-7-16(12-21-19)13-22-20(25)23-14-17(18-6-5-11-26-18)24-9-3-4-10-24/h5-8,11-12,15,17H,3-4,9-10,13-14H2,1-2H3,(H2,22,23,25). The van der Waals surface area contributed by atoms with Gasteiger partial charge < -0.3 is 19.8 Å². The van der Waals surface area contributed by atoms with Gasteiger partial charge in [0.1, 0.15) is 5.76 Å². The minimum absolute atomic E-state index is 0.0717. The number of hydrogen-bond donors (Lipinski definition) is 2. The van der Waals surface area contributed by atoms with Gasteiger partial charge in [0.25, 0.3) is 0 Å². The van der Waals surface area contributed by atoms with Crippen molar-refractivity contribution < 1.29 is 13.9 Å². The smallest absolute Gasteiger partial charge is 0.315 e. The molecule has 0 aromatic carbocycles. The predicted molar refractivity (Wildman–Crippen MR) is 102 cm³/mol. The molecule has 2 N–H and O–H groups in total. The summed E-state index contributed by atoms with van der Waals surface area (Å²) < 4.78 is 11.1. The maximum Gasteiger partial charge on any atom is 0.315 e. The summed E-state index contributed by atoms with van der Waals surface area (Å²) in [6.07, 6.45) is 5.86. The molecule has 0 radical (unpaired) electrons. The molecular formula is C20H28N4O3. The summed E-state index contributed by atoms with van der Waals surface area (Å²) in [6.45, 7) is 6.91. The van der Waals surface area contributed by atoms with Gasteiger partial charge in [-0.3, -0.25) is 4.90 Å². The number of nitrogens with one attached hydrogen (secondary N) is 2. The lowest BCUT2D eigenvalue weighted by atomic mass is 10.2. The van der Waals surface area contributed by atoms with Crippen molar-refractivity contribution in [1.82, 2.24) is 20.5 Å². The molecular weight excluding hydrogens is 344 g/mol.